The van der Waals surface area contributed by atoms with E-state index in [1.165, 1.54) is 24.3 Å². The summed E-state index contributed by atoms with van der Waals surface area (Å²) >= 11 is 1.75. The summed E-state index contributed by atoms with van der Waals surface area (Å²) in [5.41, 5.74) is 1.54. The van der Waals surface area contributed by atoms with Crippen LogP contribution in [-0.4, -0.2) is 10.5 Å². The minimum atomic E-state index is 0.402. The third-order valence-corrected chi connectivity index (χ3v) is 3.76. The number of aryl methyl sites for hydroxylation is 1. The second-order valence-electron chi connectivity index (χ2n) is 4.15. The lowest BCUT2D eigenvalue weighted by atomic mass is 9.78. The van der Waals surface area contributed by atoms with Gasteiger partial charge in [-0.2, -0.15) is 0 Å². The van der Waals surface area contributed by atoms with Crippen molar-refractivity contribution < 1.29 is 0 Å². The fourth-order valence-corrected chi connectivity index (χ4v) is 2.37. The van der Waals surface area contributed by atoms with Gasteiger partial charge in [-0.05, 0) is 33.1 Å². The Morgan fingerprint density at radius 1 is 1.62 bits per heavy atom. The van der Waals surface area contributed by atoms with E-state index < -0.39 is 0 Å². The Morgan fingerprint density at radius 3 is 2.85 bits per heavy atom. The van der Waals surface area contributed by atoms with Crippen LogP contribution in [-0.2, 0) is 6.54 Å². The minimum Gasteiger partial charge on any atom is -0.305 e. The molecule has 0 bridgehead atoms. The van der Waals surface area contributed by atoms with Crippen molar-refractivity contribution in [3.05, 3.63) is 16.1 Å². The lowest BCUT2D eigenvalue weighted by Crippen LogP contribution is -2.47. The maximum absolute atomic E-state index is 4.43. The Labute approximate surface area is 83.4 Å². The van der Waals surface area contributed by atoms with Gasteiger partial charge in [-0.1, -0.05) is 0 Å². The van der Waals surface area contributed by atoms with E-state index in [2.05, 4.69) is 22.6 Å². The minimum absolute atomic E-state index is 0.402. The summed E-state index contributed by atoms with van der Waals surface area (Å²) in [5, 5.41) is 6.90. The number of hydrogen-bond donors (Lipinski definition) is 1. The van der Waals surface area contributed by atoms with Crippen LogP contribution in [0.4, 0.5) is 0 Å². The highest BCUT2D eigenvalue weighted by molar-refractivity contribution is 7.09. The molecule has 2 nitrogen and oxygen atoms in total. The number of nitrogens with one attached hydrogen (secondary N) is 1. The van der Waals surface area contributed by atoms with Crippen LogP contribution in [0.3, 0.4) is 0 Å². The summed E-state index contributed by atoms with van der Waals surface area (Å²) in [5.74, 6) is 0. The maximum Gasteiger partial charge on any atom is 0.107 e. The van der Waals surface area contributed by atoms with Gasteiger partial charge in [-0.15, -0.1) is 11.3 Å². The van der Waals surface area contributed by atoms with E-state index in [4.69, 9.17) is 0 Å². The van der Waals surface area contributed by atoms with Crippen molar-refractivity contribution in [3.8, 4) is 0 Å². The molecule has 0 unspecified atom stereocenters. The molecule has 1 aromatic heterocycles. The number of thiazole rings is 1. The fourth-order valence-electron chi connectivity index (χ4n) is 1.66. The van der Waals surface area contributed by atoms with Crippen LogP contribution in [0, 0.1) is 6.92 Å². The van der Waals surface area contributed by atoms with Gasteiger partial charge >= 0.3 is 0 Å². The van der Waals surface area contributed by atoms with Crippen LogP contribution in [0.15, 0.2) is 5.38 Å². The average Bonchev–Trinajstić information content (AvgIpc) is 2.44. The van der Waals surface area contributed by atoms with Crippen molar-refractivity contribution in [2.45, 2.75) is 45.2 Å². The molecule has 1 aromatic rings. The first kappa shape index (κ1) is 9.16. The second-order valence-corrected chi connectivity index (χ2v) is 5.09. The van der Waals surface area contributed by atoms with Gasteiger partial charge in [0.1, 0.15) is 5.01 Å². The second kappa shape index (κ2) is 3.39. The number of aromatic nitrogens is 1. The molecule has 1 saturated carbocycles. The van der Waals surface area contributed by atoms with Crippen molar-refractivity contribution in [2.75, 3.05) is 0 Å². The number of rotatable bonds is 3. The SMILES string of the molecule is Cc1csc(CNC2(C)CCC2)n1. The van der Waals surface area contributed by atoms with Gasteiger partial charge < -0.3 is 5.32 Å². The summed E-state index contributed by atoms with van der Waals surface area (Å²) in [7, 11) is 0. The first-order valence-electron chi connectivity index (χ1n) is 4.84. The molecule has 1 heterocycles. The molecule has 0 aliphatic heterocycles. The first-order valence-corrected chi connectivity index (χ1v) is 5.72. The Hall–Kier alpha value is -0.410. The third-order valence-electron chi connectivity index (χ3n) is 2.79. The molecule has 0 saturated heterocycles. The van der Waals surface area contributed by atoms with Crippen molar-refractivity contribution >= 4 is 11.3 Å². The maximum atomic E-state index is 4.43. The van der Waals surface area contributed by atoms with Gasteiger partial charge in [0, 0.05) is 23.2 Å². The van der Waals surface area contributed by atoms with Crippen molar-refractivity contribution in [2.24, 2.45) is 0 Å². The quantitative estimate of drug-likeness (QED) is 0.803. The number of hydrogen-bond acceptors (Lipinski definition) is 3. The third kappa shape index (κ3) is 2.09. The zero-order valence-electron chi connectivity index (χ0n) is 8.26. The van der Waals surface area contributed by atoms with Crippen LogP contribution in [0.25, 0.3) is 0 Å². The summed E-state index contributed by atoms with van der Waals surface area (Å²) in [6.45, 7) is 5.29. The summed E-state index contributed by atoms with van der Waals surface area (Å²) in [6, 6.07) is 0. The van der Waals surface area contributed by atoms with Crippen LogP contribution in [0.5, 0.6) is 0 Å². The molecule has 1 aliphatic rings. The lowest BCUT2D eigenvalue weighted by molar-refractivity contribution is 0.206. The molecule has 0 amide bonds. The first-order chi connectivity index (χ1) is 6.18. The molecule has 0 aromatic carbocycles. The van der Waals surface area contributed by atoms with Crippen molar-refractivity contribution in [1.82, 2.24) is 10.3 Å². The highest BCUT2D eigenvalue weighted by Crippen LogP contribution is 2.31. The molecule has 3 heteroatoms. The predicted octanol–water partition coefficient (Wildman–Crippen LogP) is 2.48. The van der Waals surface area contributed by atoms with Gasteiger partial charge in [0.15, 0.2) is 0 Å². The smallest absolute Gasteiger partial charge is 0.107 e. The molecule has 1 fully saturated rings. The Kier molecular flexibility index (Phi) is 2.39. The van der Waals surface area contributed by atoms with E-state index >= 15 is 0 Å². The van der Waals surface area contributed by atoms with E-state index in [1.807, 2.05) is 6.92 Å². The standard InChI is InChI=1S/C10H16N2S/c1-8-7-13-9(12-8)6-11-10(2)4-3-5-10/h7,11H,3-6H2,1-2H3. The Morgan fingerprint density at radius 2 is 2.38 bits per heavy atom. The van der Waals surface area contributed by atoms with Gasteiger partial charge in [0.25, 0.3) is 0 Å². The van der Waals surface area contributed by atoms with Crippen molar-refractivity contribution in [1.29, 1.82) is 0 Å². The monoisotopic (exact) mass is 196 g/mol. The highest BCUT2D eigenvalue weighted by Gasteiger charge is 2.30. The predicted molar refractivity (Wildman–Crippen MR) is 55.9 cm³/mol. The molecule has 0 atom stereocenters. The average molecular weight is 196 g/mol. The molecule has 2 rings (SSSR count). The van der Waals surface area contributed by atoms with Gasteiger partial charge in [0.2, 0.25) is 0 Å². The van der Waals surface area contributed by atoms with Crippen molar-refractivity contribution in [3.63, 3.8) is 0 Å². The van der Waals surface area contributed by atoms with E-state index in [9.17, 15) is 0 Å². The van der Waals surface area contributed by atoms with E-state index in [0.717, 1.165) is 12.2 Å². The normalized spacial score (nSPS) is 19.8. The molecular weight excluding hydrogens is 180 g/mol. The molecule has 72 valence electrons. The van der Waals surface area contributed by atoms with E-state index in [1.54, 1.807) is 11.3 Å². The molecule has 1 N–H and O–H groups in total. The van der Waals surface area contributed by atoms with Gasteiger partial charge in [-0.25, -0.2) is 4.98 Å². The highest BCUT2D eigenvalue weighted by atomic mass is 32.1. The van der Waals surface area contributed by atoms with Crippen LogP contribution in [0.1, 0.15) is 36.9 Å². The van der Waals surface area contributed by atoms with Crippen LogP contribution < -0.4 is 5.32 Å². The zero-order chi connectivity index (χ0) is 9.31. The summed E-state index contributed by atoms with van der Waals surface area (Å²) in [4.78, 5) is 4.43. The fraction of sp³-hybridized carbons (Fsp3) is 0.700. The zero-order valence-corrected chi connectivity index (χ0v) is 9.08. The van der Waals surface area contributed by atoms with Gasteiger partial charge in [0.05, 0.1) is 0 Å². The summed E-state index contributed by atoms with van der Waals surface area (Å²) < 4.78 is 0. The molecule has 0 spiro atoms. The molecular formula is C10H16N2S. The largest absolute Gasteiger partial charge is 0.305 e. The van der Waals surface area contributed by atoms with Crippen LogP contribution >= 0.6 is 11.3 Å². The Bertz CT molecular complexity index is 289. The Balaban J connectivity index is 1.85. The van der Waals surface area contributed by atoms with Crippen LogP contribution in [0.2, 0.25) is 0 Å². The van der Waals surface area contributed by atoms with E-state index in [-0.39, 0.29) is 0 Å². The topological polar surface area (TPSA) is 24.9 Å². The summed E-state index contributed by atoms with van der Waals surface area (Å²) in [6.07, 6.45) is 4.01. The lowest BCUT2D eigenvalue weighted by Gasteiger charge is -2.39. The number of nitrogens with zero attached hydrogens (tertiary/aromatic N) is 1. The molecule has 13 heavy (non-hydrogen) atoms. The van der Waals surface area contributed by atoms with E-state index in [0.29, 0.717) is 5.54 Å². The van der Waals surface area contributed by atoms with Gasteiger partial charge in [-0.3, -0.25) is 0 Å². The molecule has 1 aliphatic carbocycles. The molecule has 0 radical (unpaired) electrons.